The van der Waals surface area contributed by atoms with Gasteiger partial charge in [-0.3, -0.25) is 9.59 Å². The lowest BCUT2D eigenvalue weighted by atomic mass is 10.1. The van der Waals surface area contributed by atoms with Crippen molar-refractivity contribution in [3.63, 3.8) is 0 Å². The average molecular weight is 290 g/mol. The molecule has 1 saturated heterocycles. The molecule has 0 saturated carbocycles. The van der Waals surface area contributed by atoms with Gasteiger partial charge in [-0.05, 0) is 22.9 Å². The molecule has 0 aromatic carbocycles. The molecule has 4 nitrogen and oxygen atoms in total. The highest BCUT2D eigenvalue weighted by atomic mass is 32.1. The fraction of sp³-hybridized carbons (Fsp3) is 0.154. The number of carbonyl (C=O) groups is 2. The van der Waals surface area contributed by atoms with Gasteiger partial charge in [0.2, 0.25) is 0 Å². The maximum atomic E-state index is 12.2. The summed E-state index contributed by atoms with van der Waals surface area (Å²) in [6.45, 7) is 0. The maximum absolute atomic E-state index is 12.2. The minimum atomic E-state index is -0.368. The molecule has 3 heterocycles. The highest BCUT2D eigenvalue weighted by Crippen LogP contribution is 2.32. The Morgan fingerprint density at radius 3 is 2.68 bits per heavy atom. The van der Waals surface area contributed by atoms with Crippen LogP contribution >= 0.6 is 22.7 Å². The van der Waals surface area contributed by atoms with E-state index in [9.17, 15) is 9.59 Å². The number of imide groups is 1. The third-order valence-corrected chi connectivity index (χ3v) is 4.64. The number of nitrogens with zero attached hydrogens (tertiary/aromatic N) is 2. The molecular weight excluding hydrogens is 280 g/mol. The van der Waals surface area contributed by atoms with Crippen LogP contribution in [-0.2, 0) is 9.59 Å². The van der Waals surface area contributed by atoms with Crippen molar-refractivity contribution in [3.8, 4) is 0 Å². The summed E-state index contributed by atoms with van der Waals surface area (Å²) in [5.41, 5.74) is 0. The minimum Gasteiger partial charge on any atom is -0.272 e. The number of hydrogen-bond acceptors (Lipinski definition) is 5. The van der Waals surface area contributed by atoms with Gasteiger partial charge >= 0.3 is 0 Å². The predicted octanol–water partition coefficient (Wildman–Crippen LogP) is 2.69. The molecule has 6 heteroatoms. The van der Waals surface area contributed by atoms with Gasteiger partial charge in [-0.25, -0.2) is 0 Å². The van der Waals surface area contributed by atoms with Crippen LogP contribution in [0.5, 0.6) is 0 Å². The SMILES string of the molecule is O=C1CC(c2cccs2)C(=O)N1/N=C/c1cccs1. The second-order valence-electron chi connectivity index (χ2n) is 4.08. The first-order valence-electron chi connectivity index (χ1n) is 5.73. The van der Waals surface area contributed by atoms with Crippen LogP contribution in [-0.4, -0.2) is 23.0 Å². The topological polar surface area (TPSA) is 49.7 Å². The molecule has 0 bridgehead atoms. The van der Waals surface area contributed by atoms with E-state index in [0.717, 1.165) is 14.8 Å². The van der Waals surface area contributed by atoms with Crippen LogP contribution in [0.1, 0.15) is 22.1 Å². The molecule has 0 spiro atoms. The Balaban J connectivity index is 1.80. The third kappa shape index (κ3) is 2.36. The molecule has 1 unspecified atom stereocenters. The monoisotopic (exact) mass is 290 g/mol. The van der Waals surface area contributed by atoms with Crippen molar-refractivity contribution >= 4 is 40.7 Å². The maximum Gasteiger partial charge on any atom is 0.258 e. The van der Waals surface area contributed by atoms with Crippen molar-refractivity contribution in [3.05, 3.63) is 44.8 Å². The van der Waals surface area contributed by atoms with Gasteiger partial charge in [-0.2, -0.15) is 10.1 Å². The van der Waals surface area contributed by atoms with Crippen molar-refractivity contribution in [2.45, 2.75) is 12.3 Å². The van der Waals surface area contributed by atoms with Crippen molar-refractivity contribution in [1.29, 1.82) is 0 Å². The van der Waals surface area contributed by atoms with E-state index >= 15 is 0 Å². The van der Waals surface area contributed by atoms with Gasteiger partial charge in [-0.1, -0.05) is 12.1 Å². The van der Waals surface area contributed by atoms with Gasteiger partial charge in [0.1, 0.15) is 0 Å². The summed E-state index contributed by atoms with van der Waals surface area (Å²) >= 11 is 3.01. The van der Waals surface area contributed by atoms with Crippen molar-refractivity contribution in [2.24, 2.45) is 5.10 Å². The molecule has 0 aliphatic carbocycles. The highest BCUT2D eigenvalue weighted by molar-refractivity contribution is 7.11. The summed E-state index contributed by atoms with van der Waals surface area (Å²) in [6, 6.07) is 7.55. The van der Waals surface area contributed by atoms with Gasteiger partial charge in [0, 0.05) is 16.2 Å². The molecule has 3 rings (SSSR count). The molecule has 1 fully saturated rings. The van der Waals surface area contributed by atoms with Crippen LogP contribution < -0.4 is 0 Å². The van der Waals surface area contributed by atoms with Crippen LogP contribution in [0.2, 0.25) is 0 Å². The molecule has 19 heavy (non-hydrogen) atoms. The number of hydrogen-bond donors (Lipinski definition) is 0. The summed E-state index contributed by atoms with van der Waals surface area (Å²) in [7, 11) is 0. The molecule has 0 N–H and O–H groups in total. The first kappa shape index (κ1) is 12.3. The van der Waals surface area contributed by atoms with Crippen LogP contribution in [0, 0.1) is 0 Å². The van der Waals surface area contributed by atoms with Crippen LogP contribution in [0.3, 0.4) is 0 Å². The number of thiophene rings is 2. The molecule has 2 amide bonds. The molecule has 2 aromatic heterocycles. The zero-order chi connectivity index (χ0) is 13.2. The normalized spacial score (nSPS) is 19.8. The van der Waals surface area contributed by atoms with E-state index in [1.165, 1.54) is 22.7 Å². The molecule has 1 aliphatic rings. The second kappa shape index (κ2) is 5.07. The van der Waals surface area contributed by atoms with E-state index in [4.69, 9.17) is 0 Å². The molecule has 1 atom stereocenters. The van der Waals surface area contributed by atoms with Gasteiger partial charge < -0.3 is 0 Å². The van der Waals surface area contributed by atoms with E-state index in [-0.39, 0.29) is 24.2 Å². The fourth-order valence-corrected chi connectivity index (χ4v) is 3.33. The van der Waals surface area contributed by atoms with Gasteiger partial charge in [0.15, 0.2) is 0 Å². The highest BCUT2D eigenvalue weighted by Gasteiger charge is 2.40. The smallest absolute Gasteiger partial charge is 0.258 e. The average Bonchev–Trinajstić information content (AvgIpc) is 3.10. The molecule has 96 valence electrons. The Labute approximate surface area is 118 Å². The summed E-state index contributed by atoms with van der Waals surface area (Å²) in [5.74, 6) is -0.843. The van der Waals surface area contributed by atoms with E-state index in [2.05, 4.69) is 5.10 Å². The van der Waals surface area contributed by atoms with Gasteiger partial charge in [0.25, 0.3) is 11.8 Å². The molecule has 2 aromatic rings. The molecule has 1 aliphatic heterocycles. The Morgan fingerprint density at radius 2 is 2.00 bits per heavy atom. The van der Waals surface area contributed by atoms with Crippen LogP contribution in [0.25, 0.3) is 0 Å². The second-order valence-corrected chi connectivity index (χ2v) is 6.03. The number of amides is 2. The lowest BCUT2D eigenvalue weighted by Crippen LogP contribution is -2.24. The number of carbonyl (C=O) groups excluding carboxylic acids is 2. The molecular formula is C13H10N2O2S2. The zero-order valence-corrected chi connectivity index (χ0v) is 11.5. The largest absolute Gasteiger partial charge is 0.272 e. The summed E-state index contributed by atoms with van der Waals surface area (Å²) in [6.07, 6.45) is 1.76. The van der Waals surface area contributed by atoms with Gasteiger partial charge in [-0.15, -0.1) is 22.7 Å². The molecule has 0 radical (unpaired) electrons. The summed E-state index contributed by atoms with van der Waals surface area (Å²) in [4.78, 5) is 25.9. The van der Waals surface area contributed by atoms with Crippen LogP contribution in [0.15, 0.2) is 40.1 Å². The minimum absolute atomic E-state index is 0.209. The van der Waals surface area contributed by atoms with E-state index in [1.54, 1.807) is 6.21 Å². The van der Waals surface area contributed by atoms with Gasteiger partial charge in [0.05, 0.1) is 12.1 Å². The summed E-state index contributed by atoms with van der Waals surface area (Å²) < 4.78 is 0. The Bertz CT molecular complexity index is 617. The Hall–Kier alpha value is -1.79. The lowest BCUT2D eigenvalue weighted by molar-refractivity contribution is -0.138. The zero-order valence-electron chi connectivity index (χ0n) is 9.85. The number of rotatable bonds is 3. The van der Waals surface area contributed by atoms with E-state index in [0.29, 0.717) is 0 Å². The quantitative estimate of drug-likeness (QED) is 0.644. The van der Waals surface area contributed by atoms with E-state index in [1.807, 2.05) is 35.0 Å². The summed E-state index contributed by atoms with van der Waals surface area (Å²) in [5, 5.41) is 8.83. The van der Waals surface area contributed by atoms with Crippen molar-refractivity contribution < 1.29 is 9.59 Å². The third-order valence-electron chi connectivity index (χ3n) is 2.85. The van der Waals surface area contributed by atoms with Crippen molar-refractivity contribution in [1.82, 2.24) is 5.01 Å². The first-order valence-corrected chi connectivity index (χ1v) is 7.49. The lowest BCUT2D eigenvalue weighted by Gasteiger charge is -2.07. The standard InChI is InChI=1S/C13H10N2O2S2/c16-12-7-10(11-4-2-6-19-11)13(17)15(12)14-8-9-3-1-5-18-9/h1-6,8,10H,7H2/b14-8+. The van der Waals surface area contributed by atoms with E-state index < -0.39 is 0 Å². The number of hydrazone groups is 1. The predicted molar refractivity (Wildman–Crippen MR) is 75.4 cm³/mol. The first-order chi connectivity index (χ1) is 9.25. The van der Waals surface area contributed by atoms with Crippen molar-refractivity contribution in [2.75, 3.05) is 0 Å². The Kier molecular flexibility index (Phi) is 3.27. The fourth-order valence-electron chi connectivity index (χ4n) is 1.93. The Morgan fingerprint density at radius 1 is 1.21 bits per heavy atom. The van der Waals surface area contributed by atoms with Crippen LogP contribution in [0.4, 0.5) is 0 Å².